The van der Waals surface area contributed by atoms with Gasteiger partial charge in [0, 0.05) is 24.1 Å². The van der Waals surface area contributed by atoms with Crippen molar-refractivity contribution in [3.05, 3.63) is 56.6 Å². The second-order valence-corrected chi connectivity index (χ2v) is 8.10. The number of aromatic hydroxyl groups is 2. The molecule has 3 aromatic carbocycles. The van der Waals surface area contributed by atoms with Gasteiger partial charge < -0.3 is 15.5 Å². The Kier molecular flexibility index (Phi) is 6.11. The molecule has 0 unspecified atom stereocenters. The topological polar surface area (TPSA) is 235 Å². The average molecular weight is 491 g/mol. The van der Waals surface area contributed by atoms with E-state index in [0.29, 0.717) is 12.1 Å². The first-order valence-corrected chi connectivity index (χ1v) is 10.4. The van der Waals surface area contributed by atoms with Gasteiger partial charge in [-0.2, -0.15) is 8.42 Å². The van der Waals surface area contributed by atoms with Crippen LogP contribution < -0.4 is 5.32 Å². The Hall–Kier alpha value is -4.70. The molecule has 15 nitrogen and oxygen atoms in total. The summed E-state index contributed by atoms with van der Waals surface area (Å²) in [6.07, 6.45) is 0. The third-order valence-corrected chi connectivity index (χ3v) is 5.24. The third kappa shape index (κ3) is 4.71. The van der Waals surface area contributed by atoms with E-state index >= 15 is 0 Å². The highest BCUT2D eigenvalue weighted by Crippen LogP contribution is 2.44. The summed E-state index contributed by atoms with van der Waals surface area (Å²) in [5.74, 6) is -2.31. The first-order valence-electron chi connectivity index (χ1n) is 8.92. The van der Waals surface area contributed by atoms with Gasteiger partial charge in [0.15, 0.2) is 5.75 Å². The summed E-state index contributed by atoms with van der Waals surface area (Å²) in [4.78, 5) is 30.3. The van der Waals surface area contributed by atoms with Crippen molar-refractivity contribution in [1.82, 2.24) is 0 Å². The summed E-state index contributed by atoms with van der Waals surface area (Å²) < 4.78 is 33.5. The number of nitrogens with zero attached hydrogens (tertiary/aromatic N) is 4. The molecule has 0 spiro atoms. The molecule has 0 saturated carbocycles. The Bertz CT molecular complexity index is 1520. The lowest BCUT2D eigenvalue weighted by atomic mass is 10.1. The highest BCUT2D eigenvalue weighted by molar-refractivity contribution is 7.86. The summed E-state index contributed by atoms with van der Waals surface area (Å²) in [5, 5.41) is 52.2. The van der Waals surface area contributed by atoms with Crippen LogP contribution in [-0.2, 0) is 14.9 Å². The lowest BCUT2D eigenvalue weighted by molar-refractivity contribution is -0.394. The number of carbonyl (C=O) groups excluding carboxylic acids is 1. The predicted octanol–water partition coefficient (Wildman–Crippen LogP) is 3.69. The van der Waals surface area contributed by atoms with E-state index in [4.69, 9.17) is 0 Å². The maximum absolute atomic E-state index is 11.9. The first kappa shape index (κ1) is 24.0. The second-order valence-electron chi connectivity index (χ2n) is 6.71. The molecule has 3 rings (SSSR count). The van der Waals surface area contributed by atoms with Crippen LogP contribution in [0.4, 0.5) is 28.4 Å². The number of nitro groups is 2. The number of phenols is 2. The number of nitrogens with one attached hydrogen (secondary N) is 1. The number of phenolic OH excluding ortho intramolecular Hbond substituents is 2. The Morgan fingerprint density at radius 2 is 1.68 bits per heavy atom. The molecule has 0 aliphatic heterocycles. The van der Waals surface area contributed by atoms with Crippen molar-refractivity contribution in [3.63, 3.8) is 0 Å². The van der Waals surface area contributed by atoms with Crippen LogP contribution >= 0.6 is 0 Å². The van der Waals surface area contributed by atoms with Crippen molar-refractivity contribution in [2.45, 2.75) is 11.8 Å². The molecule has 16 heteroatoms. The largest absolute Gasteiger partial charge is 0.505 e. The molecule has 0 bridgehead atoms. The number of rotatable bonds is 6. The minimum atomic E-state index is -5.02. The second kappa shape index (κ2) is 8.68. The third-order valence-electron chi connectivity index (χ3n) is 4.37. The minimum Gasteiger partial charge on any atom is -0.505 e. The lowest BCUT2D eigenvalue weighted by Crippen LogP contribution is -2.05. The minimum absolute atomic E-state index is 0.0182. The summed E-state index contributed by atoms with van der Waals surface area (Å²) >= 11 is 0. The van der Waals surface area contributed by atoms with E-state index in [9.17, 15) is 48.2 Å². The molecule has 0 aliphatic rings. The van der Waals surface area contributed by atoms with Gasteiger partial charge >= 0.3 is 5.69 Å². The molecule has 3 aromatic rings. The van der Waals surface area contributed by atoms with Crippen LogP contribution in [0.25, 0.3) is 10.8 Å². The average Bonchev–Trinajstić information content (AvgIpc) is 2.72. The Labute approximate surface area is 189 Å². The predicted molar refractivity (Wildman–Crippen MR) is 115 cm³/mol. The van der Waals surface area contributed by atoms with Crippen molar-refractivity contribution in [2.75, 3.05) is 5.32 Å². The van der Waals surface area contributed by atoms with Gasteiger partial charge in [-0.3, -0.25) is 29.6 Å². The summed E-state index contributed by atoms with van der Waals surface area (Å²) in [7, 11) is -5.02. The maximum atomic E-state index is 11.9. The molecule has 0 aromatic heterocycles. The zero-order valence-corrected chi connectivity index (χ0v) is 17.7. The van der Waals surface area contributed by atoms with Gasteiger partial charge in [0.25, 0.3) is 15.8 Å². The van der Waals surface area contributed by atoms with Crippen molar-refractivity contribution >= 4 is 55.2 Å². The number of fused-ring (bicyclic) bond motifs is 1. The molecule has 0 aliphatic carbocycles. The van der Waals surface area contributed by atoms with Gasteiger partial charge in [0.05, 0.1) is 15.9 Å². The highest BCUT2D eigenvalue weighted by Gasteiger charge is 2.26. The number of benzene rings is 3. The molecular formula is C18H13N5O10S. The molecule has 0 atom stereocenters. The van der Waals surface area contributed by atoms with Gasteiger partial charge in [0.1, 0.15) is 16.3 Å². The molecule has 0 radical (unpaired) electrons. The zero-order valence-electron chi connectivity index (χ0n) is 16.9. The molecular weight excluding hydrogens is 478 g/mol. The number of azo groups is 1. The van der Waals surface area contributed by atoms with E-state index in [2.05, 4.69) is 15.5 Å². The van der Waals surface area contributed by atoms with Crippen molar-refractivity contribution in [1.29, 1.82) is 0 Å². The van der Waals surface area contributed by atoms with E-state index < -0.39 is 65.0 Å². The summed E-state index contributed by atoms with van der Waals surface area (Å²) in [6, 6.07) is 6.03. The Morgan fingerprint density at radius 3 is 2.24 bits per heavy atom. The van der Waals surface area contributed by atoms with Gasteiger partial charge in [0.2, 0.25) is 11.7 Å². The number of hydrogen-bond donors (Lipinski definition) is 4. The summed E-state index contributed by atoms with van der Waals surface area (Å²) in [6.45, 7) is 1.24. The quantitative estimate of drug-likeness (QED) is 0.169. The van der Waals surface area contributed by atoms with Crippen molar-refractivity contribution in [2.24, 2.45) is 10.2 Å². The van der Waals surface area contributed by atoms with Gasteiger partial charge in [-0.1, -0.05) is 0 Å². The van der Waals surface area contributed by atoms with Crippen LogP contribution in [0, 0.1) is 20.2 Å². The van der Waals surface area contributed by atoms with Crippen LogP contribution in [0.1, 0.15) is 6.92 Å². The van der Waals surface area contributed by atoms with Crippen molar-refractivity contribution < 1.29 is 37.8 Å². The fourth-order valence-corrected chi connectivity index (χ4v) is 3.60. The molecule has 0 heterocycles. The van der Waals surface area contributed by atoms with Crippen LogP contribution in [-0.4, -0.2) is 38.9 Å². The smallest absolute Gasteiger partial charge is 0.319 e. The van der Waals surface area contributed by atoms with Crippen molar-refractivity contribution in [3.8, 4) is 11.5 Å². The number of anilines is 1. The molecule has 1 amide bonds. The molecule has 34 heavy (non-hydrogen) atoms. The van der Waals surface area contributed by atoms with Gasteiger partial charge in [-0.05, 0) is 29.7 Å². The van der Waals surface area contributed by atoms with Crippen LogP contribution in [0.3, 0.4) is 0 Å². The maximum Gasteiger partial charge on any atom is 0.319 e. The fourth-order valence-electron chi connectivity index (χ4n) is 2.94. The fraction of sp³-hybridized carbons (Fsp3) is 0.0556. The van der Waals surface area contributed by atoms with Crippen LogP contribution in [0.5, 0.6) is 11.5 Å². The van der Waals surface area contributed by atoms with E-state index in [1.54, 1.807) is 0 Å². The summed E-state index contributed by atoms with van der Waals surface area (Å²) in [5.41, 5.74) is -3.21. The van der Waals surface area contributed by atoms with Gasteiger partial charge in [-0.15, -0.1) is 10.2 Å². The number of carbonyl (C=O) groups is 1. The van der Waals surface area contributed by atoms with E-state index in [1.165, 1.54) is 25.1 Å². The Balaban J connectivity index is 2.26. The van der Waals surface area contributed by atoms with Crippen LogP contribution in [0.2, 0.25) is 0 Å². The van der Waals surface area contributed by atoms with E-state index in [0.717, 1.165) is 6.07 Å². The lowest BCUT2D eigenvalue weighted by Gasteiger charge is -2.10. The number of nitro benzene ring substituents is 2. The zero-order chi connectivity index (χ0) is 25.4. The first-order chi connectivity index (χ1) is 15.8. The highest BCUT2D eigenvalue weighted by atomic mass is 32.2. The SMILES string of the molecule is CC(=O)Nc1ccc2c(O)c(N=Nc3cc([N+](=O)[O-])cc([N+](=O)[O-])c3O)c(S(=O)(=O)O)cc2c1. The number of amides is 1. The molecule has 4 N–H and O–H groups in total. The molecule has 0 saturated heterocycles. The standard InChI is InChI=1S/C18H13N5O10S/c1-8(24)19-10-2-3-12-9(4-10)5-15(34(31,32)33)16(17(12)25)21-20-13-6-11(22(27)28)7-14(18(13)26)23(29)30/h2-7,25-26H,1H3,(H,19,24)(H,31,32,33). The van der Waals surface area contributed by atoms with E-state index in [1.807, 2.05) is 0 Å². The van der Waals surface area contributed by atoms with E-state index in [-0.39, 0.29) is 16.5 Å². The molecule has 0 fully saturated rings. The van der Waals surface area contributed by atoms with Gasteiger partial charge in [-0.25, -0.2) is 0 Å². The van der Waals surface area contributed by atoms with Crippen LogP contribution in [0.15, 0.2) is 51.5 Å². The number of non-ortho nitro benzene ring substituents is 1. The monoisotopic (exact) mass is 491 g/mol. The Morgan fingerprint density at radius 1 is 1.00 bits per heavy atom. The molecule has 176 valence electrons. The number of hydrogen-bond acceptors (Lipinski definition) is 11. The normalized spacial score (nSPS) is 11.6.